The van der Waals surface area contributed by atoms with E-state index < -0.39 is 0 Å². The van der Waals surface area contributed by atoms with Gasteiger partial charge in [-0.15, -0.1) is 0 Å². The van der Waals surface area contributed by atoms with Gasteiger partial charge in [0.2, 0.25) is 0 Å². The normalized spacial score (nSPS) is 13.7. The van der Waals surface area contributed by atoms with Gasteiger partial charge in [0.05, 0.1) is 0 Å². The van der Waals surface area contributed by atoms with Crippen LogP contribution in [0.15, 0.2) is 48.5 Å². The third kappa shape index (κ3) is 6.27. The molecule has 0 aromatic heterocycles. The van der Waals surface area contributed by atoms with Crippen molar-refractivity contribution < 1.29 is 10.2 Å². The molecule has 2 atom stereocenters. The summed E-state index contributed by atoms with van der Waals surface area (Å²) in [6, 6.07) is 14.6. The molecule has 2 rings (SSSR count). The zero-order valence-electron chi connectivity index (χ0n) is 12.7. The third-order valence-corrected chi connectivity index (χ3v) is 7.59. The van der Waals surface area contributed by atoms with Gasteiger partial charge in [-0.1, -0.05) is 0 Å². The summed E-state index contributed by atoms with van der Waals surface area (Å²) in [4.78, 5) is 0. The van der Waals surface area contributed by atoms with Gasteiger partial charge in [-0.05, 0) is 0 Å². The topological polar surface area (TPSA) is 40.5 Å². The number of hydrogen-bond acceptors (Lipinski definition) is 2. The zero-order valence-corrected chi connectivity index (χ0v) is 15.9. The van der Waals surface area contributed by atoms with Crippen LogP contribution in [0.25, 0.3) is 0 Å². The Bertz CT molecular complexity index is 568. The van der Waals surface area contributed by atoms with E-state index in [2.05, 4.69) is 0 Å². The average Bonchev–Trinajstić information content (AvgIpc) is 2.52. The summed E-state index contributed by atoms with van der Waals surface area (Å²) in [5.41, 5.74) is 1.78. The molecule has 5 heteroatoms. The summed E-state index contributed by atoms with van der Waals surface area (Å²) in [7, 11) is 0. The van der Waals surface area contributed by atoms with Gasteiger partial charge in [0.15, 0.2) is 0 Å². The maximum absolute atomic E-state index is 9.76. The fourth-order valence-electron chi connectivity index (χ4n) is 2.29. The second-order valence-corrected chi connectivity index (χ2v) is 8.89. The Labute approximate surface area is 153 Å². The van der Waals surface area contributed by atoms with Crippen molar-refractivity contribution in [3.8, 4) is 11.5 Å². The maximum atomic E-state index is 9.76. The molecule has 0 spiro atoms. The van der Waals surface area contributed by atoms with Crippen LogP contribution in [0.1, 0.15) is 11.1 Å². The van der Waals surface area contributed by atoms with E-state index in [0.717, 1.165) is 21.8 Å². The molecule has 2 aromatic rings. The molecule has 0 amide bonds. The number of phenolic OH excluding ortho intramolecular Hbond substituents is 2. The Morgan fingerprint density at radius 2 is 1.13 bits per heavy atom. The van der Waals surface area contributed by atoms with Crippen LogP contribution >= 0.6 is 23.2 Å². The third-order valence-electron chi connectivity index (χ3n) is 3.46. The SMILES string of the molecule is Oc1ccccc1CC(Cl)C[Se]CC(Cl)Cc1ccccc1O. The number of alkyl halides is 2. The Hall–Kier alpha value is -0.861. The number of rotatable bonds is 8. The van der Waals surface area contributed by atoms with Crippen LogP contribution < -0.4 is 0 Å². The summed E-state index contributed by atoms with van der Waals surface area (Å²) in [6.45, 7) is 0. The van der Waals surface area contributed by atoms with Gasteiger partial charge >= 0.3 is 154 Å². The molecule has 2 nitrogen and oxygen atoms in total. The molecule has 0 aliphatic carbocycles. The van der Waals surface area contributed by atoms with Crippen molar-refractivity contribution in [3.05, 3.63) is 59.7 Å². The first-order chi connectivity index (χ1) is 11.1. The van der Waals surface area contributed by atoms with Crippen molar-refractivity contribution >= 4 is 38.2 Å². The molecule has 2 N–H and O–H groups in total. The minimum absolute atomic E-state index is 0.0114. The first kappa shape index (κ1) is 18.5. The van der Waals surface area contributed by atoms with E-state index in [1.807, 2.05) is 36.4 Å². The molecule has 0 bridgehead atoms. The molecule has 2 unspecified atom stereocenters. The van der Waals surface area contributed by atoms with Crippen LogP contribution in [0.3, 0.4) is 0 Å². The second-order valence-electron chi connectivity index (χ2n) is 5.40. The minimum atomic E-state index is 0.0114. The number of para-hydroxylation sites is 2. The van der Waals surface area contributed by atoms with E-state index in [4.69, 9.17) is 23.2 Å². The molecular formula is C18H20Cl2O2Se. The van der Waals surface area contributed by atoms with Gasteiger partial charge in [-0.25, -0.2) is 0 Å². The molecule has 0 aliphatic rings. The molecular weight excluding hydrogens is 398 g/mol. The van der Waals surface area contributed by atoms with E-state index in [9.17, 15) is 10.2 Å². The molecule has 0 heterocycles. The van der Waals surface area contributed by atoms with Crippen molar-refractivity contribution in [2.24, 2.45) is 0 Å². The fraction of sp³-hybridized carbons (Fsp3) is 0.333. The summed E-state index contributed by atoms with van der Waals surface area (Å²) >= 11 is 13.1. The molecule has 23 heavy (non-hydrogen) atoms. The van der Waals surface area contributed by atoms with Gasteiger partial charge in [-0.2, -0.15) is 0 Å². The van der Waals surface area contributed by atoms with Crippen LogP contribution in [0.2, 0.25) is 10.6 Å². The van der Waals surface area contributed by atoms with Crippen molar-refractivity contribution in [2.45, 2.75) is 34.2 Å². The van der Waals surface area contributed by atoms with Crippen LogP contribution in [-0.2, 0) is 12.8 Å². The van der Waals surface area contributed by atoms with Gasteiger partial charge in [0, 0.05) is 0 Å². The predicted octanol–water partition coefficient (Wildman–Crippen LogP) is 4.64. The summed E-state index contributed by atoms with van der Waals surface area (Å²) < 4.78 is 0. The number of hydrogen-bond donors (Lipinski definition) is 2. The van der Waals surface area contributed by atoms with Crippen molar-refractivity contribution in [1.29, 1.82) is 0 Å². The first-order valence-electron chi connectivity index (χ1n) is 7.46. The van der Waals surface area contributed by atoms with Gasteiger partial charge in [-0.3, -0.25) is 0 Å². The quantitative estimate of drug-likeness (QED) is 0.485. The van der Waals surface area contributed by atoms with Gasteiger partial charge in [0.1, 0.15) is 0 Å². The van der Waals surface area contributed by atoms with E-state index >= 15 is 0 Å². The van der Waals surface area contributed by atoms with Crippen LogP contribution in [0.4, 0.5) is 0 Å². The van der Waals surface area contributed by atoms with Crippen LogP contribution in [0.5, 0.6) is 11.5 Å². The molecule has 0 saturated carbocycles. The fourth-order valence-corrected chi connectivity index (χ4v) is 5.40. The Kier molecular flexibility index (Phi) is 7.58. The molecule has 2 aromatic carbocycles. The monoisotopic (exact) mass is 418 g/mol. The van der Waals surface area contributed by atoms with Crippen LogP contribution in [-0.4, -0.2) is 35.9 Å². The second kappa shape index (κ2) is 9.44. The Morgan fingerprint density at radius 3 is 1.52 bits per heavy atom. The molecule has 0 radical (unpaired) electrons. The Balaban J connectivity index is 1.72. The number of phenols is 2. The Morgan fingerprint density at radius 1 is 0.739 bits per heavy atom. The van der Waals surface area contributed by atoms with Crippen molar-refractivity contribution in [1.82, 2.24) is 0 Å². The predicted molar refractivity (Wildman–Crippen MR) is 98.3 cm³/mol. The standard InChI is InChI=1S/C18H20Cl2O2Se/c19-15(9-13-5-1-3-7-17(13)21)11-23-12-16(20)10-14-6-2-4-8-18(14)22/h1-8,15-16,21-22H,9-12H2. The summed E-state index contributed by atoms with van der Waals surface area (Å²) in [5.74, 6) is 0.612. The van der Waals surface area contributed by atoms with Crippen molar-refractivity contribution in [3.63, 3.8) is 0 Å². The zero-order chi connectivity index (χ0) is 16.7. The van der Waals surface area contributed by atoms with Crippen LogP contribution in [0, 0.1) is 0 Å². The first-order valence-corrected chi connectivity index (χ1v) is 10.8. The summed E-state index contributed by atoms with van der Waals surface area (Å²) in [6.07, 6.45) is 1.34. The van der Waals surface area contributed by atoms with E-state index in [0.29, 0.717) is 39.3 Å². The average molecular weight is 418 g/mol. The van der Waals surface area contributed by atoms with Crippen molar-refractivity contribution in [2.75, 3.05) is 0 Å². The molecule has 124 valence electrons. The number of halogens is 2. The van der Waals surface area contributed by atoms with E-state index in [1.54, 1.807) is 12.1 Å². The number of benzene rings is 2. The molecule has 0 fully saturated rings. The van der Waals surface area contributed by atoms with Gasteiger partial charge < -0.3 is 0 Å². The molecule has 0 saturated heterocycles. The summed E-state index contributed by atoms with van der Waals surface area (Å²) in [5, 5.41) is 21.4. The van der Waals surface area contributed by atoms with Gasteiger partial charge in [0.25, 0.3) is 0 Å². The van der Waals surface area contributed by atoms with E-state index in [1.165, 1.54) is 0 Å². The van der Waals surface area contributed by atoms with E-state index in [-0.39, 0.29) is 10.8 Å². The molecule has 0 aliphatic heterocycles. The number of aromatic hydroxyl groups is 2.